The standard InChI is InChI=1S/C9H15N5OS/c1-11-9-7(12-13-16-9)5-14-3-2-6(4-14)8(10)15/h6,11H,2-5H2,1H3,(H2,10,15). The minimum absolute atomic E-state index is 0.00960. The van der Waals surface area contributed by atoms with E-state index >= 15 is 0 Å². The van der Waals surface area contributed by atoms with Crippen LogP contribution in [0.4, 0.5) is 5.00 Å². The Bertz CT molecular complexity index is 380. The average molecular weight is 241 g/mol. The van der Waals surface area contributed by atoms with Crippen molar-refractivity contribution in [3.63, 3.8) is 0 Å². The molecule has 1 atom stereocenters. The van der Waals surface area contributed by atoms with Crippen molar-refractivity contribution >= 4 is 22.4 Å². The fourth-order valence-corrected chi connectivity index (χ4v) is 2.45. The molecular weight excluding hydrogens is 226 g/mol. The molecule has 0 spiro atoms. The molecule has 1 aromatic rings. The Labute approximate surface area is 98.0 Å². The molecule has 1 amide bonds. The zero-order chi connectivity index (χ0) is 11.5. The molecule has 1 unspecified atom stereocenters. The first-order valence-electron chi connectivity index (χ1n) is 5.21. The molecule has 6 nitrogen and oxygen atoms in total. The quantitative estimate of drug-likeness (QED) is 0.768. The highest BCUT2D eigenvalue weighted by Crippen LogP contribution is 2.22. The Hall–Kier alpha value is -1.21. The summed E-state index contributed by atoms with van der Waals surface area (Å²) in [5.41, 5.74) is 6.23. The topological polar surface area (TPSA) is 84.1 Å². The van der Waals surface area contributed by atoms with Gasteiger partial charge in [-0.3, -0.25) is 9.69 Å². The van der Waals surface area contributed by atoms with Gasteiger partial charge in [-0.25, -0.2) is 0 Å². The molecular formula is C9H15N5OS. The van der Waals surface area contributed by atoms with Crippen LogP contribution in [0.5, 0.6) is 0 Å². The third-order valence-electron chi connectivity index (χ3n) is 2.83. The number of aromatic nitrogens is 2. The van der Waals surface area contributed by atoms with Crippen molar-refractivity contribution in [2.24, 2.45) is 11.7 Å². The van der Waals surface area contributed by atoms with E-state index < -0.39 is 0 Å². The van der Waals surface area contributed by atoms with Crippen LogP contribution >= 0.6 is 11.5 Å². The van der Waals surface area contributed by atoms with Gasteiger partial charge in [0.2, 0.25) is 5.91 Å². The largest absolute Gasteiger partial charge is 0.377 e. The van der Waals surface area contributed by atoms with E-state index in [0.29, 0.717) is 0 Å². The fourth-order valence-electron chi connectivity index (χ4n) is 1.92. The van der Waals surface area contributed by atoms with Crippen molar-refractivity contribution in [1.29, 1.82) is 0 Å². The van der Waals surface area contributed by atoms with Gasteiger partial charge in [0, 0.05) is 31.7 Å². The highest BCUT2D eigenvalue weighted by Gasteiger charge is 2.27. The average Bonchev–Trinajstić information content (AvgIpc) is 2.87. The van der Waals surface area contributed by atoms with Crippen molar-refractivity contribution in [3.8, 4) is 0 Å². The molecule has 0 aromatic carbocycles. The van der Waals surface area contributed by atoms with Crippen LogP contribution in [0.2, 0.25) is 0 Å². The Morgan fingerprint density at radius 3 is 3.19 bits per heavy atom. The molecule has 0 bridgehead atoms. The lowest BCUT2D eigenvalue weighted by Crippen LogP contribution is -2.27. The molecule has 2 rings (SSSR count). The van der Waals surface area contributed by atoms with Gasteiger partial charge in [-0.05, 0) is 13.0 Å². The first-order valence-corrected chi connectivity index (χ1v) is 5.98. The Morgan fingerprint density at radius 2 is 2.56 bits per heavy atom. The molecule has 7 heteroatoms. The minimum Gasteiger partial charge on any atom is -0.377 e. The highest BCUT2D eigenvalue weighted by molar-refractivity contribution is 7.10. The molecule has 1 aliphatic rings. The first kappa shape index (κ1) is 11.3. The Kier molecular flexibility index (Phi) is 3.35. The molecule has 88 valence electrons. The number of amides is 1. The van der Waals surface area contributed by atoms with Crippen molar-refractivity contribution in [3.05, 3.63) is 5.69 Å². The normalized spacial score (nSPS) is 21.2. The summed E-state index contributed by atoms with van der Waals surface area (Å²) < 4.78 is 3.90. The van der Waals surface area contributed by atoms with E-state index in [-0.39, 0.29) is 11.8 Å². The lowest BCUT2D eigenvalue weighted by Gasteiger charge is -2.13. The van der Waals surface area contributed by atoms with Gasteiger partial charge in [0.1, 0.15) is 10.7 Å². The summed E-state index contributed by atoms with van der Waals surface area (Å²) in [6.07, 6.45) is 0.849. The van der Waals surface area contributed by atoms with Crippen LogP contribution in [0.1, 0.15) is 12.1 Å². The van der Waals surface area contributed by atoms with Gasteiger partial charge in [-0.1, -0.05) is 4.49 Å². The molecule has 1 fully saturated rings. The Balaban J connectivity index is 1.94. The monoisotopic (exact) mass is 241 g/mol. The summed E-state index contributed by atoms with van der Waals surface area (Å²) in [6, 6.07) is 0. The van der Waals surface area contributed by atoms with Crippen LogP contribution in [-0.4, -0.2) is 40.5 Å². The summed E-state index contributed by atoms with van der Waals surface area (Å²) in [5, 5.41) is 8.12. The van der Waals surface area contributed by atoms with Gasteiger partial charge in [-0.2, -0.15) is 0 Å². The smallest absolute Gasteiger partial charge is 0.221 e. The summed E-state index contributed by atoms with van der Waals surface area (Å²) in [6.45, 7) is 2.36. The van der Waals surface area contributed by atoms with Gasteiger partial charge in [0.25, 0.3) is 0 Å². The number of nitrogens with one attached hydrogen (secondary N) is 1. The summed E-state index contributed by atoms with van der Waals surface area (Å²) in [5.74, 6) is -0.211. The minimum atomic E-state index is -0.201. The zero-order valence-electron chi connectivity index (χ0n) is 9.14. The first-order chi connectivity index (χ1) is 7.70. The number of nitrogens with zero attached hydrogens (tertiary/aromatic N) is 3. The third-order valence-corrected chi connectivity index (χ3v) is 3.62. The molecule has 1 aliphatic heterocycles. The van der Waals surface area contributed by atoms with E-state index in [9.17, 15) is 4.79 Å². The van der Waals surface area contributed by atoms with E-state index in [4.69, 9.17) is 5.73 Å². The van der Waals surface area contributed by atoms with Crippen LogP contribution in [0.15, 0.2) is 0 Å². The summed E-state index contributed by atoms with van der Waals surface area (Å²) in [7, 11) is 1.86. The second-order valence-corrected chi connectivity index (χ2v) is 4.68. The van der Waals surface area contributed by atoms with Crippen LogP contribution in [0, 0.1) is 5.92 Å². The maximum absolute atomic E-state index is 11.0. The van der Waals surface area contributed by atoms with Crippen LogP contribution < -0.4 is 11.1 Å². The van der Waals surface area contributed by atoms with Crippen LogP contribution in [-0.2, 0) is 11.3 Å². The second kappa shape index (κ2) is 4.75. The number of hydrogen-bond donors (Lipinski definition) is 2. The molecule has 1 aromatic heterocycles. The van der Waals surface area contributed by atoms with E-state index in [1.54, 1.807) is 0 Å². The molecule has 0 aliphatic carbocycles. The molecule has 0 radical (unpaired) electrons. The number of carbonyl (C=O) groups is 1. The lowest BCUT2D eigenvalue weighted by atomic mass is 10.1. The number of rotatable bonds is 4. The van der Waals surface area contributed by atoms with Gasteiger partial charge < -0.3 is 11.1 Å². The maximum Gasteiger partial charge on any atom is 0.221 e. The molecule has 3 N–H and O–H groups in total. The number of likely N-dealkylation sites (tertiary alicyclic amines) is 1. The zero-order valence-corrected chi connectivity index (χ0v) is 9.96. The number of hydrogen-bond acceptors (Lipinski definition) is 6. The fraction of sp³-hybridized carbons (Fsp3) is 0.667. The molecule has 1 saturated heterocycles. The third kappa shape index (κ3) is 2.30. The van der Waals surface area contributed by atoms with Gasteiger partial charge in [-0.15, -0.1) is 5.10 Å². The van der Waals surface area contributed by atoms with E-state index in [2.05, 4.69) is 19.8 Å². The predicted molar refractivity (Wildman–Crippen MR) is 62.0 cm³/mol. The van der Waals surface area contributed by atoms with E-state index in [1.165, 1.54) is 11.5 Å². The molecule has 2 heterocycles. The van der Waals surface area contributed by atoms with Crippen LogP contribution in [0.3, 0.4) is 0 Å². The summed E-state index contributed by atoms with van der Waals surface area (Å²) in [4.78, 5) is 13.2. The number of nitrogens with two attached hydrogens (primary N) is 1. The van der Waals surface area contributed by atoms with E-state index in [0.717, 1.165) is 36.8 Å². The van der Waals surface area contributed by atoms with Crippen molar-refractivity contribution < 1.29 is 4.79 Å². The summed E-state index contributed by atoms with van der Waals surface area (Å²) >= 11 is 1.35. The van der Waals surface area contributed by atoms with Gasteiger partial charge in [0.15, 0.2) is 0 Å². The van der Waals surface area contributed by atoms with Gasteiger partial charge in [0.05, 0.1) is 5.92 Å². The highest BCUT2D eigenvalue weighted by atomic mass is 32.1. The van der Waals surface area contributed by atoms with Crippen molar-refractivity contribution in [2.75, 3.05) is 25.5 Å². The predicted octanol–water partition coefficient (Wildman–Crippen LogP) is -0.113. The van der Waals surface area contributed by atoms with Crippen molar-refractivity contribution in [2.45, 2.75) is 13.0 Å². The molecule has 0 saturated carbocycles. The maximum atomic E-state index is 11.0. The second-order valence-electron chi connectivity index (χ2n) is 3.92. The number of anilines is 1. The van der Waals surface area contributed by atoms with Crippen molar-refractivity contribution in [1.82, 2.24) is 14.5 Å². The van der Waals surface area contributed by atoms with E-state index in [1.807, 2.05) is 7.05 Å². The lowest BCUT2D eigenvalue weighted by molar-refractivity contribution is -0.121. The SMILES string of the molecule is CNc1snnc1CN1CCC(C(N)=O)C1. The number of primary amides is 1. The number of carbonyl (C=O) groups excluding carboxylic acids is 1. The van der Waals surface area contributed by atoms with Gasteiger partial charge >= 0.3 is 0 Å². The van der Waals surface area contributed by atoms with Crippen LogP contribution in [0.25, 0.3) is 0 Å². The molecule has 16 heavy (non-hydrogen) atoms. The Morgan fingerprint density at radius 1 is 1.75 bits per heavy atom.